The molecule has 0 aliphatic carbocycles. The number of carbonyl (C=O) groups excluding carboxylic acids is 2. The zero-order valence-electron chi connectivity index (χ0n) is 14.4. The lowest BCUT2D eigenvalue weighted by molar-refractivity contribution is -0.170. The monoisotopic (exact) mass is 336 g/mol. The highest BCUT2D eigenvalue weighted by Gasteiger charge is 2.48. The number of ketones is 1. The summed E-state index contributed by atoms with van der Waals surface area (Å²) < 4.78 is 22.3. The van der Waals surface area contributed by atoms with Crippen molar-refractivity contribution in [2.24, 2.45) is 0 Å². The molecule has 4 atom stereocenters. The molecule has 6 heteroatoms. The first-order valence-electron chi connectivity index (χ1n) is 7.93. The van der Waals surface area contributed by atoms with Gasteiger partial charge in [0.25, 0.3) is 6.47 Å². The number of hydrogen-bond acceptors (Lipinski definition) is 6. The third kappa shape index (κ3) is 4.41. The van der Waals surface area contributed by atoms with Gasteiger partial charge in [0.15, 0.2) is 11.6 Å². The van der Waals surface area contributed by atoms with Crippen LogP contribution in [0.2, 0.25) is 0 Å². The maximum atomic E-state index is 12.5. The highest BCUT2D eigenvalue weighted by molar-refractivity contribution is 5.96. The van der Waals surface area contributed by atoms with E-state index in [1.807, 2.05) is 18.2 Å². The lowest BCUT2D eigenvalue weighted by atomic mass is 9.97. The second kappa shape index (κ2) is 7.88. The predicted molar refractivity (Wildman–Crippen MR) is 86.6 cm³/mol. The van der Waals surface area contributed by atoms with E-state index in [0.717, 1.165) is 0 Å². The molecule has 0 N–H and O–H groups in total. The summed E-state index contributed by atoms with van der Waals surface area (Å²) in [5, 5.41) is 0. The van der Waals surface area contributed by atoms with Crippen molar-refractivity contribution in [2.45, 2.75) is 57.4 Å². The van der Waals surface area contributed by atoms with E-state index < -0.39 is 30.2 Å². The Morgan fingerprint density at radius 2 is 1.96 bits per heavy atom. The molecule has 0 unspecified atom stereocenters. The molecule has 1 aliphatic heterocycles. The van der Waals surface area contributed by atoms with Crippen molar-refractivity contribution >= 4 is 12.3 Å². The van der Waals surface area contributed by atoms with Crippen LogP contribution in [0.15, 0.2) is 30.3 Å². The summed E-state index contributed by atoms with van der Waals surface area (Å²) in [5.41, 5.74) is 0.621. The summed E-state index contributed by atoms with van der Waals surface area (Å²) in [6, 6.07) is 9.03. The smallest absolute Gasteiger partial charge is 0.293 e. The van der Waals surface area contributed by atoms with E-state index in [4.69, 9.17) is 18.9 Å². The number of benzene rings is 1. The number of methoxy groups -OCH3 is 1. The van der Waals surface area contributed by atoms with Crippen molar-refractivity contribution in [3.8, 4) is 0 Å². The average Bonchev–Trinajstić information content (AvgIpc) is 2.83. The van der Waals surface area contributed by atoms with Crippen LogP contribution in [-0.2, 0) is 23.7 Å². The molecular formula is C18H24O6. The van der Waals surface area contributed by atoms with Gasteiger partial charge in [-0.15, -0.1) is 0 Å². The van der Waals surface area contributed by atoms with Crippen molar-refractivity contribution in [3.05, 3.63) is 35.9 Å². The van der Waals surface area contributed by atoms with Crippen LogP contribution in [0, 0.1) is 0 Å². The minimum Gasteiger partial charge on any atom is -0.462 e. The van der Waals surface area contributed by atoms with Crippen molar-refractivity contribution in [1.82, 2.24) is 0 Å². The maximum absolute atomic E-state index is 12.5. The molecule has 1 aliphatic rings. The summed E-state index contributed by atoms with van der Waals surface area (Å²) in [4.78, 5) is 23.1. The lowest BCUT2D eigenvalue weighted by Crippen LogP contribution is -2.45. The molecule has 0 spiro atoms. The fraction of sp³-hybridized carbons (Fsp3) is 0.556. The largest absolute Gasteiger partial charge is 0.462 e. The summed E-state index contributed by atoms with van der Waals surface area (Å²) >= 11 is 0. The van der Waals surface area contributed by atoms with Gasteiger partial charge in [0.2, 0.25) is 0 Å². The molecule has 1 aromatic rings. The average molecular weight is 336 g/mol. The van der Waals surface area contributed by atoms with Gasteiger partial charge in [-0.1, -0.05) is 30.3 Å². The van der Waals surface area contributed by atoms with E-state index in [1.165, 1.54) is 7.11 Å². The molecule has 132 valence electrons. The maximum Gasteiger partial charge on any atom is 0.293 e. The molecule has 0 amide bonds. The lowest BCUT2D eigenvalue weighted by Gasteiger charge is -2.28. The SMILES string of the molecule is CO[C@H]([C@H]1OC(C)(C)O[C@@H]1CC(=O)c1ccccc1)[C@H](C)OC=O. The summed E-state index contributed by atoms with van der Waals surface area (Å²) in [5.74, 6) is -0.880. The molecule has 24 heavy (non-hydrogen) atoms. The Morgan fingerprint density at radius 3 is 2.54 bits per heavy atom. The fourth-order valence-electron chi connectivity index (χ4n) is 2.98. The van der Waals surface area contributed by atoms with Gasteiger partial charge < -0.3 is 18.9 Å². The third-order valence-electron chi connectivity index (χ3n) is 4.03. The van der Waals surface area contributed by atoms with Gasteiger partial charge in [-0.05, 0) is 20.8 Å². The Labute approximate surface area is 142 Å². The summed E-state index contributed by atoms with van der Waals surface area (Å²) in [6.45, 7) is 5.66. The Bertz CT molecular complexity index is 556. The van der Waals surface area contributed by atoms with Gasteiger partial charge in [0.1, 0.15) is 18.3 Å². The van der Waals surface area contributed by atoms with Crippen LogP contribution >= 0.6 is 0 Å². The van der Waals surface area contributed by atoms with Gasteiger partial charge in [-0.25, -0.2) is 0 Å². The third-order valence-corrected chi connectivity index (χ3v) is 4.03. The van der Waals surface area contributed by atoms with E-state index in [1.54, 1.807) is 32.9 Å². The number of ether oxygens (including phenoxy) is 4. The zero-order chi connectivity index (χ0) is 17.7. The minimum atomic E-state index is -0.843. The van der Waals surface area contributed by atoms with Gasteiger partial charge in [0.05, 0.1) is 6.10 Å². The quantitative estimate of drug-likeness (QED) is 0.536. The van der Waals surface area contributed by atoms with Crippen molar-refractivity contribution in [3.63, 3.8) is 0 Å². The van der Waals surface area contributed by atoms with Crippen molar-refractivity contribution < 1.29 is 28.5 Å². The van der Waals surface area contributed by atoms with Crippen LogP contribution in [0.4, 0.5) is 0 Å². The van der Waals surface area contributed by atoms with E-state index in [2.05, 4.69) is 0 Å². The van der Waals surface area contributed by atoms with Gasteiger partial charge in [-0.3, -0.25) is 9.59 Å². The van der Waals surface area contributed by atoms with Gasteiger partial charge in [-0.2, -0.15) is 0 Å². The number of carbonyl (C=O) groups is 2. The topological polar surface area (TPSA) is 71.1 Å². The molecule has 0 saturated carbocycles. The molecule has 1 saturated heterocycles. The van der Waals surface area contributed by atoms with E-state index in [9.17, 15) is 9.59 Å². The highest BCUT2D eigenvalue weighted by Crippen LogP contribution is 2.34. The molecule has 1 fully saturated rings. The summed E-state index contributed by atoms with van der Waals surface area (Å²) in [7, 11) is 1.51. The zero-order valence-corrected chi connectivity index (χ0v) is 14.4. The highest BCUT2D eigenvalue weighted by atomic mass is 16.8. The Morgan fingerprint density at radius 1 is 1.29 bits per heavy atom. The molecule has 0 bridgehead atoms. The number of Topliss-reactive ketones (excluding diaryl/α,β-unsaturated/α-hetero) is 1. The second-order valence-corrected chi connectivity index (χ2v) is 6.27. The molecule has 2 rings (SSSR count). The molecular weight excluding hydrogens is 312 g/mol. The number of hydrogen-bond donors (Lipinski definition) is 0. The van der Waals surface area contributed by atoms with Gasteiger partial charge in [0, 0.05) is 19.1 Å². The van der Waals surface area contributed by atoms with E-state index >= 15 is 0 Å². The first-order valence-corrected chi connectivity index (χ1v) is 7.93. The molecule has 1 heterocycles. The van der Waals surface area contributed by atoms with Crippen LogP contribution in [0.3, 0.4) is 0 Å². The second-order valence-electron chi connectivity index (χ2n) is 6.27. The molecule has 1 aromatic carbocycles. The van der Waals surface area contributed by atoms with Crippen LogP contribution < -0.4 is 0 Å². The van der Waals surface area contributed by atoms with Crippen LogP contribution in [0.25, 0.3) is 0 Å². The molecule has 0 aromatic heterocycles. The van der Waals surface area contributed by atoms with Crippen LogP contribution in [0.5, 0.6) is 0 Å². The standard InChI is InChI=1S/C18H24O6/c1-12(22-11-19)16(21-4)17-15(23-18(2,3)24-17)10-14(20)13-8-6-5-7-9-13/h5-9,11-12,15-17H,10H2,1-4H3/t12-,15+,16-,17-/m0/s1. The first kappa shape index (κ1) is 18.6. The fourth-order valence-corrected chi connectivity index (χ4v) is 2.98. The van der Waals surface area contributed by atoms with Crippen LogP contribution in [-0.4, -0.2) is 49.6 Å². The molecule has 0 radical (unpaired) electrons. The van der Waals surface area contributed by atoms with E-state index in [-0.39, 0.29) is 12.2 Å². The van der Waals surface area contributed by atoms with E-state index in [0.29, 0.717) is 12.0 Å². The predicted octanol–water partition coefficient (Wildman–Crippen LogP) is 2.36. The number of rotatable bonds is 8. The minimum absolute atomic E-state index is 0.0364. The first-order chi connectivity index (χ1) is 11.4. The summed E-state index contributed by atoms with van der Waals surface area (Å²) in [6.07, 6.45) is -1.91. The normalized spacial score (nSPS) is 25.0. The Balaban J connectivity index is 2.16. The molecule has 6 nitrogen and oxygen atoms in total. The van der Waals surface area contributed by atoms with Crippen molar-refractivity contribution in [1.29, 1.82) is 0 Å². The Hall–Kier alpha value is -1.76. The van der Waals surface area contributed by atoms with Crippen molar-refractivity contribution in [2.75, 3.05) is 7.11 Å². The van der Waals surface area contributed by atoms with Gasteiger partial charge >= 0.3 is 0 Å². The Kier molecular flexibility index (Phi) is 6.10. The van der Waals surface area contributed by atoms with Crippen LogP contribution in [0.1, 0.15) is 37.6 Å².